The summed E-state index contributed by atoms with van der Waals surface area (Å²) in [6.07, 6.45) is 0. The second-order valence-corrected chi connectivity index (χ2v) is 5.59. The molecule has 16 heavy (non-hydrogen) atoms. The van der Waals surface area contributed by atoms with Gasteiger partial charge in [-0.1, -0.05) is 28.1 Å². The molecule has 1 aliphatic rings. The third-order valence-electron chi connectivity index (χ3n) is 2.76. The van der Waals surface area contributed by atoms with Crippen LogP contribution in [0.4, 0.5) is 5.69 Å². The van der Waals surface area contributed by atoms with E-state index in [0.717, 1.165) is 18.8 Å². The van der Waals surface area contributed by atoms with Crippen molar-refractivity contribution < 1.29 is 4.79 Å². The van der Waals surface area contributed by atoms with Crippen molar-refractivity contribution in [3.63, 3.8) is 0 Å². The Balaban J connectivity index is 2.24. The van der Waals surface area contributed by atoms with Gasteiger partial charge >= 0.3 is 0 Å². The van der Waals surface area contributed by atoms with Crippen molar-refractivity contribution in [3.8, 4) is 0 Å². The first-order chi connectivity index (χ1) is 7.58. The highest BCUT2D eigenvalue weighted by Gasteiger charge is 2.20. The van der Waals surface area contributed by atoms with Crippen molar-refractivity contribution in [1.29, 1.82) is 0 Å². The van der Waals surface area contributed by atoms with E-state index >= 15 is 0 Å². The minimum absolute atomic E-state index is 0.00273. The number of alkyl halides is 1. The van der Waals surface area contributed by atoms with Crippen molar-refractivity contribution in [2.75, 3.05) is 12.4 Å². The molecule has 2 rings (SSSR count). The number of nitrogens with one attached hydrogen (secondary N) is 1. The molecular weight excluding hydrogens is 268 g/mol. The Labute approximate surface area is 104 Å². The number of hydrogen-bond acceptors (Lipinski definition) is 2. The lowest BCUT2D eigenvalue weighted by atomic mass is 10.1. The van der Waals surface area contributed by atoms with Gasteiger partial charge in [-0.15, -0.1) is 0 Å². The number of hydrogen-bond donors (Lipinski definition) is 1. The van der Waals surface area contributed by atoms with Gasteiger partial charge in [0.05, 0.1) is 4.83 Å². The first-order valence-electron chi connectivity index (χ1n) is 5.32. The summed E-state index contributed by atoms with van der Waals surface area (Å²) in [4.78, 5) is 13.7. The molecule has 1 unspecified atom stereocenters. The van der Waals surface area contributed by atoms with Gasteiger partial charge in [0.2, 0.25) is 5.91 Å². The Hall–Kier alpha value is -0.870. The molecule has 3 nitrogen and oxygen atoms in total. The third-order valence-corrected chi connectivity index (χ3v) is 3.18. The normalized spacial score (nSPS) is 16.9. The Morgan fingerprint density at radius 2 is 2.25 bits per heavy atom. The Morgan fingerprint density at radius 3 is 2.94 bits per heavy atom. The van der Waals surface area contributed by atoms with Gasteiger partial charge in [-0.25, -0.2) is 0 Å². The zero-order valence-corrected chi connectivity index (χ0v) is 11.0. The molecule has 0 aromatic heterocycles. The second-order valence-electron chi connectivity index (χ2n) is 4.22. The summed E-state index contributed by atoms with van der Waals surface area (Å²) in [5.74, 6) is 0.00273. The summed E-state index contributed by atoms with van der Waals surface area (Å²) >= 11 is 3.27. The van der Waals surface area contributed by atoms with Crippen LogP contribution in [0, 0.1) is 0 Å². The predicted molar refractivity (Wildman–Crippen MR) is 68.6 cm³/mol. The van der Waals surface area contributed by atoms with Crippen LogP contribution < -0.4 is 5.32 Å². The number of carbonyl (C=O) groups is 1. The number of anilines is 1. The smallest absolute Gasteiger partial charge is 0.237 e. The fourth-order valence-corrected chi connectivity index (χ4v) is 2.05. The van der Waals surface area contributed by atoms with Gasteiger partial charge in [0, 0.05) is 18.8 Å². The summed E-state index contributed by atoms with van der Waals surface area (Å²) in [6.45, 7) is 3.69. The highest BCUT2D eigenvalue weighted by molar-refractivity contribution is 9.10. The standard InChI is InChI=1S/C12H15BrN2O/c1-8(13)12(16)14-11-5-3-4-9-6-15(2)7-10(9)11/h3-5,8H,6-7H2,1-2H3,(H,14,16). The maximum Gasteiger partial charge on any atom is 0.237 e. The maximum atomic E-state index is 11.6. The monoisotopic (exact) mass is 282 g/mol. The van der Waals surface area contributed by atoms with Gasteiger partial charge in [-0.3, -0.25) is 9.69 Å². The van der Waals surface area contributed by atoms with Crippen LogP contribution in [0.1, 0.15) is 18.1 Å². The zero-order valence-electron chi connectivity index (χ0n) is 9.46. The Bertz CT molecular complexity index is 417. The number of carbonyl (C=O) groups excluding carboxylic acids is 1. The minimum atomic E-state index is -0.164. The molecule has 0 radical (unpaired) electrons. The van der Waals surface area contributed by atoms with Gasteiger partial charge in [-0.2, -0.15) is 0 Å². The lowest BCUT2D eigenvalue weighted by Crippen LogP contribution is -2.20. The van der Waals surface area contributed by atoms with Gasteiger partial charge in [0.15, 0.2) is 0 Å². The molecule has 1 atom stereocenters. The molecule has 1 aliphatic heterocycles. The summed E-state index contributed by atoms with van der Waals surface area (Å²) in [6, 6.07) is 6.07. The van der Waals surface area contributed by atoms with Gasteiger partial charge in [-0.05, 0) is 31.2 Å². The second kappa shape index (κ2) is 4.55. The highest BCUT2D eigenvalue weighted by Crippen LogP contribution is 2.28. The maximum absolute atomic E-state index is 11.6. The average Bonchev–Trinajstić information content (AvgIpc) is 2.59. The van der Waals surface area contributed by atoms with Gasteiger partial charge in [0.1, 0.15) is 0 Å². The molecule has 0 saturated heterocycles. The van der Waals surface area contributed by atoms with Crippen LogP contribution in [0.15, 0.2) is 18.2 Å². The van der Waals surface area contributed by atoms with Crippen molar-refractivity contribution in [2.24, 2.45) is 0 Å². The van der Waals surface area contributed by atoms with E-state index in [4.69, 9.17) is 0 Å². The third kappa shape index (κ3) is 2.28. The van der Waals surface area contributed by atoms with Crippen LogP contribution in [0.2, 0.25) is 0 Å². The van der Waals surface area contributed by atoms with Gasteiger partial charge in [0.25, 0.3) is 0 Å². The van der Waals surface area contributed by atoms with Gasteiger partial charge < -0.3 is 5.32 Å². The predicted octanol–water partition coefficient (Wildman–Crippen LogP) is 2.35. The van der Waals surface area contributed by atoms with Crippen molar-refractivity contribution in [1.82, 2.24) is 4.90 Å². The Morgan fingerprint density at radius 1 is 1.50 bits per heavy atom. The van der Waals surface area contributed by atoms with Crippen LogP contribution in [0.25, 0.3) is 0 Å². The molecule has 0 aliphatic carbocycles. The first-order valence-corrected chi connectivity index (χ1v) is 6.23. The van der Waals surface area contributed by atoms with Crippen LogP contribution in [-0.4, -0.2) is 22.7 Å². The molecule has 1 heterocycles. The van der Waals surface area contributed by atoms with E-state index in [9.17, 15) is 4.79 Å². The van der Waals surface area contributed by atoms with E-state index in [1.807, 2.05) is 19.1 Å². The van der Waals surface area contributed by atoms with Crippen LogP contribution >= 0.6 is 15.9 Å². The molecule has 86 valence electrons. The number of benzene rings is 1. The van der Waals surface area contributed by atoms with Crippen LogP contribution in [0.5, 0.6) is 0 Å². The van der Waals surface area contributed by atoms with E-state index in [1.54, 1.807) is 0 Å². The molecule has 1 aromatic rings. The van der Waals surface area contributed by atoms with E-state index in [2.05, 4.69) is 39.3 Å². The first kappa shape index (κ1) is 11.6. The largest absolute Gasteiger partial charge is 0.325 e. The summed E-state index contributed by atoms with van der Waals surface area (Å²) in [5, 5.41) is 2.95. The quantitative estimate of drug-likeness (QED) is 0.845. The fourth-order valence-electron chi connectivity index (χ4n) is 1.94. The summed E-state index contributed by atoms with van der Waals surface area (Å²) < 4.78 is 0. The van der Waals surface area contributed by atoms with Crippen LogP contribution in [0.3, 0.4) is 0 Å². The van der Waals surface area contributed by atoms with E-state index in [1.165, 1.54) is 11.1 Å². The summed E-state index contributed by atoms with van der Waals surface area (Å²) in [5.41, 5.74) is 3.49. The number of nitrogens with zero attached hydrogens (tertiary/aromatic N) is 1. The zero-order chi connectivity index (χ0) is 11.7. The van der Waals surface area contributed by atoms with Crippen molar-refractivity contribution in [2.45, 2.75) is 24.8 Å². The molecule has 0 saturated carbocycles. The lowest BCUT2D eigenvalue weighted by Gasteiger charge is -2.11. The van der Waals surface area contributed by atoms with E-state index in [0.29, 0.717) is 0 Å². The number of rotatable bonds is 2. The van der Waals surface area contributed by atoms with Crippen molar-refractivity contribution >= 4 is 27.5 Å². The molecule has 1 aromatic carbocycles. The SMILES string of the molecule is CC(Br)C(=O)Nc1cccc2c1CN(C)C2. The lowest BCUT2D eigenvalue weighted by molar-refractivity contribution is -0.115. The molecule has 0 spiro atoms. The number of fused-ring (bicyclic) bond motifs is 1. The molecule has 1 N–H and O–H groups in total. The number of halogens is 1. The molecule has 1 amide bonds. The summed E-state index contributed by atoms with van der Waals surface area (Å²) in [7, 11) is 2.08. The topological polar surface area (TPSA) is 32.3 Å². The number of amides is 1. The van der Waals surface area contributed by atoms with Crippen molar-refractivity contribution in [3.05, 3.63) is 29.3 Å². The van der Waals surface area contributed by atoms with E-state index in [-0.39, 0.29) is 10.7 Å². The minimum Gasteiger partial charge on any atom is -0.325 e. The fraction of sp³-hybridized carbons (Fsp3) is 0.417. The van der Waals surface area contributed by atoms with Crippen LogP contribution in [-0.2, 0) is 17.9 Å². The average molecular weight is 283 g/mol. The molecule has 0 bridgehead atoms. The highest BCUT2D eigenvalue weighted by atomic mass is 79.9. The molecule has 0 fully saturated rings. The molecular formula is C12H15BrN2O. The Kier molecular flexibility index (Phi) is 3.30. The molecule has 4 heteroatoms. The van der Waals surface area contributed by atoms with E-state index < -0.39 is 0 Å².